The maximum atomic E-state index is 10.8. The summed E-state index contributed by atoms with van der Waals surface area (Å²) in [6.45, 7) is 0. The zero-order valence-electron chi connectivity index (χ0n) is 33.6. The van der Waals surface area contributed by atoms with E-state index in [1.807, 2.05) is 0 Å². The van der Waals surface area contributed by atoms with Gasteiger partial charge in [-0.15, -0.1) is 0 Å². The molecular formula is C48H40N4O8P4. The molecule has 16 heteroatoms. The standard InChI is InChI=1S/C48H40N4O8P4/c53-33-1-17-41(18-2-33)61(42-19-3-34(54)4-20-42)49-62(43-21-5-35(55)6-22-43,44-23-7-36(56)8-24-44)51-64(47-29-13-39(59)14-30-47,48-31-15-40(60)16-32-48)52-63(50-61,45-25-9-37(57)10-26-45)46-27-11-38(58)12-28-46/h1-32,53-60H. The summed E-state index contributed by atoms with van der Waals surface area (Å²) < 4.78 is 24.9. The normalized spacial score (nSPS) is 15.8. The van der Waals surface area contributed by atoms with Crippen LogP contribution in [-0.4, -0.2) is 40.9 Å². The summed E-state index contributed by atoms with van der Waals surface area (Å²) in [4.78, 5) is 0. The van der Waals surface area contributed by atoms with Crippen LogP contribution in [-0.2, 0) is 0 Å². The van der Waals surface area contributed by atoms with Gasteiger partial charge in [0.2, 0.25) is 0 Å². The van der Waals surface area contributed by atoms with Gasteiger partial charge in [-0.05, 0) is 194 Å². The van der Waals surface area contributed by atoms with Gasteiger partial charge in [-0.3, -0.25) is 0 Å². The molecule has 0 radical (unpaired) electrons. The van der Waals surface area contributed by atoms with E-state index in [9.17, 15) is 40.9 Å². The molecule has 1 aliphatic rings. The van der Waals surface area contributed by atoms with Gasteiger partial charge in [-0.1, -0.05) is 0 Å². The van der Waals surface area contributed by atoms with Crippen molar-refractivity contribution in [3.8, 4) is 46.0 Å². The Balaban J connectivity index is 1.69. The number of rotatable bonds is 8. The van der Waals surface area contributed by atoms with Crippen molar-refractivity contribution in [2.45, 2.75) is 0 Å². The molecular weight excluding hydrogens is 884 g/mol. The Labute approximate surface area is 368 Å². The number of aromatic hydroxyl groups is 8. The van der Waals surface area contributed by atoms with Crippen molar-refractivity contribution in [3.63, 3.8) is 0 Å². The number of hydrogen-bond donors (Lipinski definition) is 8. The van der Waals surface area contributed by atoms with E-state index < -0.39 is 28.8 Å². The highest BCUT2D eigenvalue weighted by atomic mass is 31.3. The van der Waals surface area contributed by atoms with E-state index in [4.69, 9.17) is 18.1 Å². The molecule has 8 aromatic carbocycles. The number of nitrogens with zero attached hydrogens (tertiary/aromatic N) is 4. The van der Waals surface area contributed by atoms with Crippen molar-refractivity contribution in [3.05, 3.63) is 194 Å². The lowest BCUT2D eigenvalue weighted by Crippen LogP contribution is -2.24. The lowest BCUT2D eigenvalue weighted by atomic mass is 10.3. The lowest BCUT2D eigenvalue weighted by Gasteiger charge is -2.38. The maximum Gasteiger partial charge on any atom is 0.138 e. The Morgan fingerprint density at radius 1 is 0.172 bits per heavy atom. The van der Waals surface area contributed by atoms with E-state index in [0.29, 0.717) is 42.4 Å². The molecule has 0 fully saturated rings. The first-order chi connectivity index (χ1) is 30.8. The first-order valence-corrected chi connectivity index (χ1v) is 26.5. The predicted molar refractivity (Wildman–Crippen MR) is 259 cm³/mol. The van der Waals surface area contributed by atoms with Crippen molar-refractivity contribution in [1.29, 1.82) is 0 Å². The Bertz CT molecular complexity index is 2570. The van der Waals surface area contributed by atoms with Gasteiger partial charge < -0.3 is 40.9 Å². The van der Waals surface area contributed by atoms with Crippen molar-refractivity contribution in [1.82, 2.24) is 0 Å². The summed E-state index contributed by atoms with van der Waals surface area (Å²) in [5.41, 5.74) is 0. The molecule has 1 heterocycles. The lowest BCUT2D eigenvalue weighted by molar-refractivity contribution is 0.475. The van der Waals surface area contributed by atoms with Gasteiger partial charge in [0.15, 0.2) is 0 Å². The van der Waals surface area contributed by atoms with Crippen LogP contribution in [0.25, 0.3) is 0 Å². The van der Waals surface area contributed by atoms with Crippen molar-refractivity contribution >= 4 is 71.3 Å². The second-order valence-electron chi connectivity index (χ2n) is 14.9. The van der Waals surface area contributed by atoms with E-state index in [1.165, 1.54) is 0 Å². The molecule has 8 N–H and O–H groups in total. The molecule has 9 rings (SSSR count). The molecule has 64 heavy (non-hydrogen) atoms. The minimum Gasteiger partial charge on any atom is -0.508 e. The van der Waals surface area contributed by atoms with Crippen LogP contribution >= 0.6 is 28.8 Å². The largest absolute Gasteiger partial charge is 0.508 e. The molecule has 0 spiro atoms. The summed E-state index contributed by atoms with van der Waals surface area (Å²) in [6, 6.07) is 53.1. The average molecular weight is 925 g/mol. The maximum absolute atomic E-state index is 10.8. The van der Waals surface area contributed by atoms with Crippen LogP contribution in [0.3, 0.4) is 0 Å². The van der Waals surface area contributed by atoms with Crippen LogP contribution in [0.4, 0.5) is 0 Å². The minimum atomic E-state index is -3.79. The number of benzene rings is 8. The molecule has 320 valence electrons. The molecule has 0 saturated carbocycles. The third-order valence-corrected chi connectivity index (χ3v) is 27.1. The van der Waals surface area contributed by atoms with Gasteiger partial charge in [0.25, 0.3) is 0 Å². The third-order valence-electron chi connectivity index (χ3n) is 10.7. The van der Waals surface area contributed by atoms with E-state index in [1.54, 1.807) is 194 Å². The van der Waals surface area contributed by atoms with Crippen LogP contribution in [0.15, 0.2) is 212 Å². The smallest absolute Gasteiger partial charge is 0.138 e. The molecule has 0 amide bonds. The summed E-state index contributed by atoms with van der Waals surface area (Å²) in [7, 11) is -15.1. The van der Waals surface area contributed by atoms with Crippen LogP contribution in [0.2, 0.25) is 0 Å². The summed E-state index contributed by atoms with van der Waals surface area (Å²) in [5.74, 6) is -0.0379. The fourth-order valence-corrected chi connectivity index (χ4v) is 27.7. The van der Waals surface area contributed by atoms with Crippen molar-refractivity contribution in [2.24, 2.45) is 18.1 Å². The molecule has 12 nitrogen and oxygen atoms in total. The fraction of sp³-hybridized carbons (Fsp3) is 0. The van der Waals surface area contributed by atoms with Gasteiger partial charge in [0.05, 0.1) is 0 Å². The van der Waals surface area contributed by atoms with Gasteiger partial charge in [0, 0.05) is 42.4 Å². The first-order valence-electron chi connectivity index (χ1n) is 19.7. The number of hydrogen-bond acceptors (Lipinski definition) is 12. The highest BCUT2D eigenvalue weighted by Gasteiger charge is 2.43. The number of phenolic OH excluding ortho intramolecular Hbond substituents is 8. The monoisotopic (exact) mass is 924 g/mol. The molecule has 0 aliphatic carbocycles. The Morgan fingerprint density at radius 3 is 0.359 bits per heavy atom. The van der Waals surface area contributed by atoms with Crippen LogP contribution in [0.5, 0.6) is 46.0 Å². The molecule has 0 unspecified atom stereocenters. The highest BCUT2D eigenvalue weighted by molar-refractivity contribution is 8.00. The van der Waals surface area contributed by atoms with Crippen LogP contribution in [0, 0.1) is 0 Å². The molecule has 1 aliphatic heterocycles. The fourth-order valence-electron chi connectivity index (χ4n) is 7.53. The second-order valence-corrected chi connectivity index (χ2v) is 26.7. The van der Waals surface area contributed by atoms with Crippen LogP contribution < -0.4 is 42.4 Å². The second kappa shape index (κ2) is 16.7. The molecule has 0 aromatic heterocycles. The zero-order valence-corrected chi connectivity index (χ0v) is 37.2. The third kappa shape index (κ3) is 7.65. The number of phenols is 8. The Kier molecular flexibility index (Phi) is 11.0. The minimum absolute atomic E-state index is 0.00474. The first kappa shape index (κ1) is 42.4. The molecule has 0 bridgehead atoms. The predicted octanol–water partition coefficient (Wildman–Crippen LogP) is 8.71. The topological polar surface area (TPSA) is 211 Å². The summed E-state index contributed by atoms with van der Waals surface area (Å²) in [5, 5.41) is 91.1. The van der Waals surface area contributed by atoms with E-state index in [-0.39, 0.29) is 46.0 Å². The molecule has 8 aromatic rings. The van der Waals surface area contributed by atoms with Gasteiger partial charge in [-0.2, -0.15) is 0 Å². The van der Waals surface area contributed by atoms with Crippen LogP contribution in [0.1, 0.15) is 0 Å². The van der Waals surface area contributed by atoms with Gasteiger partial charge >= 0.3 is 0 Å². The molecule has 0 atom stereocenters. The van der Waals surface area contributed by atoms with Crippen molar-refractivity contribution in [2.75, 3.05) is 0 Å². The average Bonchev–Trinajstić information content (AvgIpc) is 3.29. The van der Waals surface area contributed by atoms with Gasteiger partial charge in [-0.25, -0.2) is 18.1 Å². The molecule has 0 saturated heterocycles. The Morgan fingerprint density at radius 2 is 0.266 bits per heavy atom. The Hall–Kier alpha value is -6.92. The quantitative estimate of drug-likeness (QED) is 0.0689. The summed E-state index contributed by atoms with van der Waals surface area (Å²) in [6.07, 6.45) is 0. The highest BCUT2D eigenvalue weighted by Crippen LogP contribution is 2.77. The van der Waals surface area contributed by atoms with E-state index in [2.05, 4.69) is 0 Å². The summed E-state index contributed by atoms with van der Waals surface area (Å²) >= 11 is 0. The van der Waals surface area contributed by atoms with Crippen molar-refractivity contribution < 1.29 is 40.9 Å². The SMILES string of the molecule is Oc1ccc(P2(c3ccc(O)cc3)=NP(c3ccc(O)cc3)(c3ccc(O)cc3)=NP(c3ccc(O)cc3)(c3ccc(O)cc3)=NP(c3ccc(O)cc3)(c3ccc(O)cc3)=N2)cc1. The van der Waals surface area contributed by atoms with E-state index in [0.717, 1.165) is 0 Å². The van der Waals surface area contributed by atoms with E-state index >= 15 is 0 Å². The zero-order chi connectivity index (χ0) is 44.7. The van der Waals surface area contributed by atoms with Gasteiger partial charge in [0.1, 0.15) is 74.8 Å².